The molecule has 0 fully saturated rings. The molecule has 0 aliphatic rings. The molecule has 6 heteroatoms. The molecule has 0 radical (unpaired) electrons. The molecule has 0 spiro atoms. The van der Waals surface area contributed by atoms with Crippen molar-refractivity contribution in [2.75, 3.05) is 12.4 Å². The number of carbonyl (C=O) groups is 1. The minimum atomic E-state index is -0.459. The van der Waals surface area contributed by atoms with Crippen LogP contribution in [0, 0.1) is 0 Å². The van der Waals surface area contributed by atoms with E-state index in [1.165, 1.54) is 7.11 Å². The van der Waals surface area contributed by atoms with Gasteiger partial charge in [-0.3, -0.25) is 9.59 Å². The zero-order valence-corrected chi connectivity index (χ0v) is 14.6. The van der Waals surface area contributed by atoms with E-state index in [-0.39, 0.29) is 11.0 Å². The average Bonchev–Trinajstić information content (AvgIpc) is 2.63. The van der Waals surface area contributed by atoms with Crippen molar-refractivity contribution < 1.29 is 9.53 Å². The Kier molecular flexibility index (Phi) is 4.76. The van der Waals surface area contributed by atoms with Gasteiger partial charge in [-0.05, 0) is 49.4 Å². The summed E-state index contributed by atoms with van der Waals surface area (Å²) < 4.78 is 7.06. The highest BCUT2D eigenvalue weighted by Crippen LogP contribution is 2.20. The van der Waals surface area contributed by atoms with E-state index in [1.54, 1.807) is 42.6 Å². The van der Waals surface area contributed by atoms with Gasteiger partial charge in [0.15, 0.2) is 0 Å². The SMILES string of the molecule is CCn1cc(C(=O)Nc2ccc(Cl)cc2)c(=O)c2cc(OC)ccc21. The van der Waals surface area contributed by atoms with Gasteiger partial charge in [0.05, 0.1) is 18.0 Å². The van der Waals surface area contributed by atoms with Crippen molar-refractivity contribution in [1.82, 2.24) is 4.57 Å². The number of aromatic nitrogens is 1. The largest absolute Gasteiger partial charge is 0.497 e. The zero-order chi connectivity index (χ0) is 18.0. The topological polar surface area (TPSA) is 60.3 Å². The van der Waals surface area contributed by atoms with Crippen molar-refractivity contribution in [3.8, 4) is 5.75 Å². The second kappa shape index (κ2) is 6.99. The number of ether oxygens (including phenoxy) is 1. The molecule has 0 saturated heterocycles. The lowest BCUT2D eigenvalue weighted by atomic mass is 10.1. The third kappa shape index (κ3) is 3.37. The first-order valence-electron chi connectivity index (χ1n) is 7.81. The lowest BCUT2D eigenvalue weighted by Gasteiger charge is -2.12. The summed E-state index contributed by atoms with van der Waals surface area (Å²) in [6.45, 7) is 2.58. The van der Waals surface area contributed by atoms with E-state index in [4.69, 9.17) is 16.3 Å². The van der Waals surface area contributed by atoms with E-state index < -0.39 is 5.91 Å². The molecule has 0 aliphatic heterocycles. The van der Waals surface area contributed by atoms with Crippen molar-refractivity contribution in [2.24, 2.45) is 0 Å². The van der Waals surface area contributed by atoms with Gasteiger partial charge in [-0.1, -0.05) is 11.6 Å². The first-order valence-corrected chi connectivity index (χ1v) is 8.19. The van der Waals surface area contributed by atoms with Crippen LogP contribution in [0.5, 0.6) is 5.75 Å². The quantitative estimate of drug-likeness (QED) is 0.770. The zero-order valence-electron chi connectivity index (χ0n) is 13.9. The Balaban J connectivity index is 2.08. The fourth-order valence-electron chi connectivity index (χ4n) is 2.66. The summed E-state index contributed by atoms with van der Waals surface area (Å²) in [6.07, 6.45) is 1.59. The number of halogens is 1. The first-order chi connectivity index (χ1) is 12.0. The summed E-state index contributed by atoms with van der Waals surface area (Å²) in [7, 11) is 1.54. The van der Waals surface area contributed by atoms with Crippen molar-refractivity contribution in [3.63, 3.8) is 0 Å². The number of aryl methyl sites for hydroxylation is 1. The van der Waals surface area contributed by atoms with Gasteiger partial charge in [-0.15, -0.1) is 0 Å². The van der Waals surface area contributed by atoms with Crippen LogP contribution in [0.15, 0.2) is 53.5 Å². The van der Waals surface area contributed by atoms with Crippen molar-refractivity contribution in [3.05, 3.63) is 69.5 Å². The number of fused-ring (bicyclic) bond motifs is 1. The number of hydrogen-bond acceptors (Lipinski definition) is 3. The number of amides is 1. The number of benzene rings is 2. The van der Waals surface area contributed by atoms with Crippen LogP contribution in [0.1, 0.15) is 17.3 Å². The smallest absolute Gasteiger partial charge is 0.261 e. The number of methoxy groups -OCH3 is 1. The predicted molar refractivity (Wildman–Crippen MR) is 99.8 cm³/mol. The Bertz CT molecular complexity index is 994. The van der Waals surface area contributed by atoms with Crippen molar-refractivity contribution in [2.45, 2.75) is 13.5 Å². The van der Waals surface area contributed by atoms with Gasteiger partial charge in [-0.2, -0.15) is 0 Å². The van der Waals surface area contributed by atoms with Crippen LogP contribution in [-0.2, 0) is 6.54 Å². The summed E-state index contributed by atoms with van der Waals surface area (Å²) in [5.74, 6) is 0.113. The Labute approximate surface area is 149 Å². The van der Waals surface area contributed by atoms with E-state index in [0.717, 1.165) is 5.52 Å². The lowest BCUT2D eigenvalue weighted by Crippen LogP contribution is -2.23. The molecule has 128 valence electrons. The monoisotopic (exact) mass is 356 g/mol. The highest BCUT2D eigenvalue weighted by molar-refractivity contribution is 6.30. The Morgan fingerprint density at radius 1 is 1.20 bits per heavy atom. The minimum absolute atomic E-state index is 0.0811. The van der Waals surface area contributed by atoms with E-state index in [9.17, 15) is 9.59 Å². The number of pyridine rings is 1. The van der Waals surface area contributed by atoms with Crippen LogP contribution in [-0.4, -0.2) is 17.6 Å². The average molecular weight is 357 g/mol. The van der Waals surface area contributed by atoms with E-state index >= 15 is 0 Å². The van der Waals surface area contributed by atoms with E-state index in [1.807, 2.05) is 17.6 Å². The highest BCUT2D eigenvalue weighted by atomic mass is 35.5. The minimum Gasteiger partial charge on any atom is -0.497 e. The normalized spacial score (nSPS) is 10.7. The second-order valence-electron chi connectivity index (χ2n) is 5.50. The summed E-state index contributed by atoms with van der Waals surface area (Å²) in [5.41, 5.74) is 1.08. The van der Waals surface area contributed by atoms with Gasteiger partial charge in [0.2, 0.25) is 5.43 Å². The van der Waals surface area contributed by atoms with Crippen LogP contribution in [0.2, 0.25) is 5.02 Å². The summed E-state index contributed by atoms with van der Waals surface area (Å²) in [4.78, 5) is 25.4. The number of rotatable bonds is 4. The number of hydrogen-bond donors (Lipinski definition) is 1. The highest BCUT2D eigenvalue weighted by Gasteiger charge is 2.16. The molecule has 0 bridgehead atoms. The molecular weight excluding hydrogens is 340 g/mol. The van der Waals surface area contributed by atoms with Crippen molar-refractivity contribution >= 4 is 34.1 Å². The molecule has 0 saturated carbocycles. The molecule has 1 heterocycles. The Morgan fingerprint density at radius 3 is 2.56 bits per heavy atom. The summed E-state index contributed by atoms with van der Waals surface area (Å²) in [6, 6.07) is 12.0. The molecule has 1 aromatic heterocycles. The number of nitrogens with one attached hydrogen (secondary N) is 1. The molecule has 5 nitrogen and oxygen atoms in total. The molecule has 25 heavy (non-hydrogen) atoms. The van der Waals surface area contributed by atoms with Crippen LogP contribution in [0.25, 0.3) is 10.9 Å². The maximum atomic E-state index is 12.8. The Morgan fingerprint density at radius 2 is 1.92 bits per heavy atom. The fourth-order valence-corrected chi connectivity index (χ4v) is 2.78. The van der Waals surface area contributed by atoms with Crippen LogP contribution in [0.4, 0.5) is 5.69 Å². The molecule has 3 rings (SSSR count). The van der Waals surface area contributed by atoms with E-state index in [2.05, 4.69) is 5.32 Å². The third-order valence-corrected chi connectivity index (χ3v) is 4.23. The van der Waals surface area contributed by atoms with Crippen LogP contribution >= 0.6 is 11.6 Å². The fraction of sp³-hybridized carbons (Fsp3) is 0.158. The Hall–Kier alpha value is -2.79. The molecule has 1 N–H and O–H groups in total. The number of carbonyl (C=O) groups excluding carboxylic acids is 1. The maximum absolute atomic E-state index is 12.8. The van der Waals surface area contributed by atoms with E-state index in [0.29, 0.717) is 28.4 Å². The molecule has 3 aromatic rings. The first kappa shape index (κ1) is 17.0. The summed E-state index contributed by atoms with van der Waals surface area (Å²) >= 11 is 5.85. The lowest BCUT2D eigenvalue weighted by molar-refractivity contribution is 0.102. The van der Waals surface area contributed by atoms with Gasteiger partial charge in [0.25, 0.3) is 5.91 Å². The van der Waals surface area contributed by atoms with Gasteiger partial charge >= 0.3 is 0 Å². The molecule has 0 atom stereocenters. The molecule has 1 amide bonds. The van der Waals surface area contributed by atoms with Gasteiger partial charge in [0, 0.05) is 23.5 Å². The second-order valence-corrected chi connectivity index (χ2v) is 5.94. The molecule has 0 aliphatic carbocycles. The molecule has 0 unspecified atom stereocenters. The number of nitrogens with zero attached hydrogens (tertiary/aromatic N) is 1. The standard InChI is InChI=1S/C19H17ClN2O3/c1-3-22-11-16(19(24)21-13-6-4-12(20)5-7-13)18(23)15-10-14(25-2)8-9-17(15)22/h4-11H,3H2,1-2H3,(H,21,24). The van der Waals surface area contributed by atoms with Crippen LogP contribution in [0.3, 0.4) is 0 Å². The van der Waals surface area contributed by atoms with Gasteiger partial charge in [0.1, 0.15) is 11.3 Å². The van der Waals surface area contributed by atoms with Crippen molar-refractivity contribution in [1.29, 1.82) is 0 Å². The van der Waals surface area contributed by atoms with Gasteiger partial charge in [-0.25, -0.2) is 0 Å². The van der Waals surface area contributed by atoms with Gasteiger partial charge < -0.3 is 14.6 Å². The molecular formula is C19H17ClN2O3. The number of anilines is 1. The molecule has 2 aromatic carbocycles. The maximum Gasteiger partial charge on any atom is 0.261 e. The van der Waals surface area contributed by atoms with Crippen LogP contribution < -0.4 is 15.5 Å². The predicted octanol–water partition coefficient (Wildman–Crippen LogP) is 3.94. The third-order valence-electron chi connectivity index (χ3n) is 3.97. The summed E-state index contributed by atoms with van der Waals surface area (Å²) in [5, 5.41) is 3.75.